The fourth-order valence-electron chi connectivity index (χ4n) is 2.34. The number of alkyl halides is 3. The number of nitrogens with one attached hydrogen (secondary N) is 2. The first kappa shape index (κ1) is 19.0. The van der Waals surface area contributed by atoms with Gasteiger partial charge in [0, 0.05) is 16.9 Å². The molecule has 7 nitrogen and oxygen atoms in total. The van der Waals surface area contributed by atoms with E-state index in [9.17, 15) is 22.8 Å². The third kappa shape index (κ3) is 3.97. The number of anilines is 1. The van der Waals surface area contributed by atoms with Crippen LogP contribution in [0.5, 0.6) is 0 Å². The van der Waals surface area contributed by atoms with Gasteiger partial charge < -0.3 is 5.32 Å². The van der Waals surface area contributed by atoms with Gasteiger partial charge in [-0.05, 0) is 38.1 Å². The Morgan fingerprint density at radius 2 is 1.89 bits per heavy atom. The third-order valence-corrected chi connectivity index (χ3v) is 4.83. The molecule has 2 N–H and O–H groups in total. The van der Waals surface area contributed by atoms with Crippen LogP contribution in [-0.4, -0.2) is 31.2 Å². The molecule has 0 radical (unpaired) electrons. The molecule has 1 amide bonds. The molecule has 27 heavy (non-hydrogen) atoms. The van der Waals surface area contributed by atoms with Gasteiger partial charge in [-0.15, -0.1) is 10.2 Å². The summed E-state index contributed by atoms with van der Waals surface area (Å²) < 4.78 is 39.3. The average molecular weight is 397 g/mol. The number of hydrogen-bond donors (Lipinski definition) is 2. The summed E-state index contributed by atoms with van der Waals surface area (Å²) in [7, 11) is 0. The average Bonchev–Trinajstić information content (AvgIpc) is 3.00. The number of aryl methyl sites for hydroxylation is 1. The fraction of sp³-hybridized carbons (Fsp3) is 0.250. The monoisotopic (exact) mass is 397 g/mol. The summed E-state index contributed by atoms with van der Waals surface area (Å²) in [5.41, 5.74) is 0.382. The maximum Gasteiger partial charge on any atom is 0.416 e. The largest absolute Gasteiger partial charge is 0.416 e. The Kier molecular flexibility index (Phi) is 4.96. The molecule has 0 aliphatic carbocycles. The second-order valence-corrected chi connectivity index (χ2v) is 6.66. The highest BCUT2D eigenvalue weighted by Gasteiger charge is 2.30. The second-order valence-electron chi connectivity index (χ2n) is 5.72. The Morgan fingerprint density at radius 1 is 1.22 bits per heavy atom. The number of halogens is 3. The summed E-state index contributed by atoms with van der Waals surface area (Å²) in [5, 5.41) is 10.8. The van der Waals surface area contributed by atoms with Crippen LogP contribution in [0.25, 0.3) is 5.78 Å². The van der Waals surface area contributed by atoms with E-state index in [0.29, 0.717) is 16.4 Å². The van der Waals surface area contributed by atoms with E-state index in [1.807, 2.05) is 0 Å². The van der Waals surface area contributed by atoms with Crippen molar-refractivity contribution < 1.29 is 18.0 Å². The van der Waals surface area contributed by atoms with Gasteiger partial charge in [-0.3, -0.25) is 19.0 Å². The van der Waals surface area contributed by atoms with E-state index in [4.69, 9.17) is 0 Å². The number of H-pyrrole nitrogens is 1. The highest BCUT2D eigenvalue weighted by Crippen LogP contribution is 2.29. The fourth-order valence-corrected chi connectivity index (χ4v) is 3.13. The standard InChI is InChI=1S/C16H14F3N5O2S/c1-8-9(2)24-14(21-13(8)26)22-23-15(24)27-7-12(25)20-11-5-3-10(4-6-11)16(17,18)19/h3-6H,7H2,1-2H3,(H,20,25)(H,21,22,26). The van der Waals surface area contributed by atoms with Crippen LogP contribution in [0.4, 0.5) is 18.9 Å². The van der Waals surface area contributed by atoms with E-state index in [1.165, 1.54) is 12.1 Å². The first-order chi connectivity index (χ1) is 12.7. The number of carbonyl (C=O) groups is 1. The Morgan fingerprint density at radius 3 is 2.52 bits per heavy atom. The van der Waals surface area contributed by atoms with Crippen molar-refractivity contribution in [2.24, 2.45) is 0 Å². The number of carbonyl (C=O) groups excluding carboxylic acids is 1. The van der Waals surface area contributed by atoms with Crippen molar-refractivity contribution in [2.45, 2.75) is 25.2 Å². The van der Waals surface area contributed by atoms with Crippen LogP contribution in [0.3, 0.4) is 0 Å². The van der Waals surface area contributed by atoms with Gasteiger partial charge in [-0.1, -0.05) is 11.8 Å². The molecule has 0 saturated heterocycles. The van der Waals surface area contributed by atoms with E-state index in [-0.39, 0.29) is 22.8 Å². The van der Waals surface area contributed by atoms with Crippen LogP contribution in [0.15, 0.2) is 34.2 Å². The highest BCUT2D eigenvalue weighted by atomic mass is 32.2. The van der Waals surface area contributed by atoms with E-state index in [1.54, 1.807) is 18.2 Å². The molecule has 142 valence electrons. The molecule has 0 unspecified atom stereocenters. The van der Waals surface area contributed by atoms with Gasteiger partial charge in [0.15, 0.2) is 5.16 Å². The maximum absolute atomic E-state index is 12.5. The molecular formula is C16H14F3N5O2S. The van der Waals surface area contributed by atoms with Gasteiger partial charge >= 0.3 is 6.18 Å². The van der Waals surface area contributed by atoms with Gasteiger partial charge in [0.25, 0.3) is 5.56 Å². The molecule has 3 rings (SSSR count). The molecule has 0 fully saturated rings. The van der Waals surface area contributed by atoms with Crippen LogP contribution in [-0.2, 0) is 11.0 Å². The topological polar surface area (TPSA) is 92.2 Å². The van der Waals surface area contributed by atoms with E-state index in [2.05, 4.69) is 20.5 Å². The summed E-state index contributed by atoms with van der Waals surface area (Å²) in [6.45, 7) is 3.41. The van der Waals surface area contributed by atoms with Crippen molar-refractivity contribution in [1.29, 1.82) is 0 Å². The lowest BCUT2D eigenvalue weighted by atomic mass is 10.2. The molecule has 0 bridgehead atoms. The number of rotatable bonds is 4. The summed E-state index contributed by atoms with van der Waals surface area (Å²) in [6.07, 6.45) is -4.43. The van der Waals surface area contributed by atoms with Crippen molar-refractivity contribution in [2.75, 3.05) is 11.1 Å². The number of aromatic nitrogens is 4. The van der Waals surface area contributed by atoms with Crippen LogP contribution < -0.4 is 10.9 Å². The van der Waals surface area contributed by atoms with Gasteiger partial charge in [-0.2, -0.15) is 13.2 Å². The zero-order chi connectivity index (χ0) is 19.8. The molecular weight excluding hydrogens is 383 g/mol. The van der Waals surface area contributed by atoms with Crippen molar-refractivity contribution in [1.82, 2.24) is 19.6 Å². The zero-order valence-electron chi connectivity index (χ0n) is 14.2. The highest BCUT2D eigenvalue weighted by molar-refractivity contribution is 7.99. The van der Waals surface area contributed by atoms with Crippen LogP contribution in [0.2, 0.25) is 0 Å². The molecule has 3 aromatic rings. The minimum Gasteiger partial charge on any atom is -0.325 e. The molecule has 1 aromatic carbocycles. The quantitative estimate of drug-likeness (QED) is 0.661. The lowest BCUT2D eigenvalue weighted by Gasteiger charge is -2.09. The second kappa shape index (κ2) is 7.06. The predicted molar refractivity (Wildman–Crippen MR) is 93.9 cm³/mol. The Hall–Kier alpha value is -2.82. The molecule has 0 saturated carbocycles. The summed E-state index contributed by atoms with van der Waals surface area (Å²) in [5.74, 6) is -0.163. The number of hydrogen-bond acceptors (Lipinski definition) is 5. The third-order valence-electron chi connectivity index (χ3n) is 3.91. The molecule has 2 heterocycles. The Bertz CT molecular complexity index is 1060. The van der Waals surface area contributed by atoms with Crippen LogP contribution >= 0.6 is 11.8 Å². The summed E-state index contributed by atoms with van der Waals surface area (Å²) >= 11 is 1.10. The van der Waals surface area contributed by atoms with E-state index in [0.717, 1.165) is 23.9 Å². The number of aromatic amines is 1. The van der Waals surface area contributed by atoms with Crippen LogP contribution in [0.1, 0.15) is 16.8 Å². The van der Waals surface area contributed by atoms with Crippen molar-refractivity contribution in [3.63, 3.8) is 0 Å². The molecule has 0 aliphatic rings. The summed E-state index contributed by atoms with van der Waals surface area (Å²) in [4.78, 5) is 26.4. The lowest BCUT2D eigenvalue weighted by molar-refractivity contribution is -0.137. The Balaban J connectivity index is 1.69. The number of amides is 1. The number of fused-ring (bicyclic) bond motifs is 1. The number of nitrogens with zero attached hydrogens (tertiary/aromatic N) is 3. The van der Waals surface area contributed by atoms with Crippen LogP contribution in [0, 0.1) is 13.8 Å². The van der Waals surface area contributed by atoms with Gasteiger partial charge in [0.2, 0.25) is 11.7 Å². The molecule has 11 heteroatoms. The van der Waals surface area contributed by atoms with E-state index < -0.39 is 17.6 Å². The smallest absolute Gasteiger partial charge is 0.325 e. The first-order valence-corrected chi connectivity index (χ1v) is 8.70. The minimum atomic E-state index is -4.43. The molecule has 0 spiro atoms. The maximum atomic E-state index is 12.5. The molecule has 0 atom stereocenters. The zero-order valence-corrected chi connectivity index (χ0v) is 15.0. The Labute approximate surface area is 155 Å². The number of thioether (sulfide) groups is 1. The molecule has 2 aromatic heterocycles. The van der Waals surface area contributed by atoms with Crippen molar-refractivity contribution >= 4 is 29.1 Å². The van der Waals surface area contributed by atoms with E-state index >= 15 is 0 Å². The van der Waals surface area contributed by atoms with Gasteiger partial charge in [-0.25, -0.2) is 0 Å². The van der Waals surface area contributed by atoms with Crippen molar-refractivity contribution in [3.8, 4) is 0 Å². The van der Waals surface area contributed by atoms with Gasteiger partial charge in [0.05, 0.1) is 11.3 Å². The molecule has 0 aliphatic heterocycles. The SMILES string of the molecule is Cc1c(C)n2c(SCC(=O)Nc3ccc(C(F)(F)F)cc3)nnc2[nH]c1=O. The lowest BCUT2D eigenvalue weighted by Crippen LogP contribution is -2.16. The first-order valence-electron chi connectivity index (χ1n) is 7.71. The van der Waals surface area contributed by atoms with Crippen molar-refractivity contribution in [3.05, 3.63) is 51.4 Å². The van der Waals surface area contributed by atoms with Gasteiger partial charge in [0.1, 0.15) is 0 Å². The summed E-state index contributed by atoms with van der Waals surface area (Å²) in [6, 6.07) is 4.18. The predicted octanol–water partition coefficient (Wildman–Crippen LogP) is 2.78. The minimum absolute atomic E-state index is 0.0283. The normalized spacial score (nSPS) is 11.7. The number of benzene rings is 1.